The molecular formula is C23H16Cl3N3O5. The molecule has 0 saturated carbocycles. The quantitative estimate of drug-likeness (QED) is 0.226. The summed E-state index contributed by atoms with van der Waals surface area (Å²) >= 11 is 18.1. The van der Waals surface area contributed by atoms with Crippen LogP contribution in [0.2, 0.25) is 15.1 Å². The molecule has 0 radical (unpaired) electrons. The fourth-order valence-corrected chi connectivity index (χ4v) is 3.34. The molecule has 8 nitrogen and oxygen atoms in total. The van der Waals surface area contributed by atoms with Gasteiger partial charge in [0.25, 0.3) is 17.5 Å². The molecule has 0 spiro atoms. The number of anilines is 1. The highest BCUT2D eigenvalue weighted by Gasteiger charge is 2.18. The van der Waals surface area contributed by atoms with Crippen LogP contribution in [-0.4, -0.2) is 23.8 Å². The highest BCUT2D eigenvalue weighted by Crippen LogP contribution is 2.26. The van der Waals surface area contributed by atoms with E-state index in [2.05, 4.69) is 10.6 Å². The van der Waals surface area contributed by atoms with Crippen LogP contribution in [-0.2, 0) is 4.79 Å². The Bertz CT molecular complexity index is 1290. The van der Waals surface area contributed by atoms with E-state index in [0.29, 0.717) is 22.0 Å². The first-order chi connectivity index (χ1) is 16.2. The van der Waals surface area contributed by atoms with E-state index < -0.39 is 16.7 Å². The van der Waals surface area contributed by atoms with Gasteiger partial charge in [0.15, 0.2) is 0 Å². The summed E-state index contributed by atoms with van der Waals surface area (Å²) in [5.74, 6) is -0.861. The maximum Gasteiger partial charge on any atom is 0.272 e. The van der Waals surface area contributed by atoms with E-state index in [4.69, 9.17) is 39.5 Å². The lowest BCUT2D eigenvalue weighted by molar-refractivity contribution is -0.384. The summed E-state index contributed by atoms with van der Waals surface area (Å²) < 4.78 is 5.08. The van der Waals surface area contributed by atoms with Crippen molar-refractivity contribution in [2.75, 3.05) is 12.4 Å². The highest BCUT2D eigenvalue weighted by molar-refractivity contribution is 6.42. The number of carbonyl (C=O) groups is 2. The van der Waals surface area contributed by atoms with Gasteiger partial charge in [-0.05, 0) is 60.2 Å². The van der Waals surface area contributed by atoms with Crippen molar-refractivity contribution in [2.24, 2.45) is 0 Å². The Labute approximate surface area is 209 Å². The molecule has 34 heavy (non-hydrogen) atoms. The number of nitrogens with one attached hydrogen (secondary N) is 2. The maximum atomic E-state index is 13.0. The molecule has 3 aromatic rings. The molecule has 0 atom stereocenters. The zero-order valence-corrected chi connectivity index (χ0v) is 19.7. The number of non-ortho nitro benzene ring substituents is 1. The minimum atomic E-state index is -0.672. The largest absolute Gasteiger partial charge is 0.497 e. The molecule has 0 aliphatic heterocycles. The van der Waals surface area contributed by atoms with E-state index in [-0.39, 0.29) is 27.0 Å². The lowest BCUT2D eigenvalue weighted by Gasteiger charge is -2.13. The lowest BCUT2D eigenvalue weighted by atomic mass is 10.1. The van der Waals surface area contributed by atoms with Crippen molar-refractivity contribution in [2.45, 2.75) is 0 Å². The smallest absolute Gasteiger partial charge is 0.272 e. The minimum absolute atomic E-state index is 0.111. The average Bonchev–Trinajstić information content (AvgIpc) is 2.81. The number of rotatable bonds is 7. The third-order valence-electron chi connectivity index (χ3n) is 4.51. The normalized spacial score (nSPS) is 11.0. The van der Waals surface area contributed by atoms with Gasteiger partial charge in [-0.25, -0.2) is 0 Å². The summed E-state index contributed by atoms with van der Waals surface area (Å²) in [5, 5.41) is 16.7. The number of nitro benzene ring substituents is 1. The maximum absolute atomic E-state index is 13.0. The molecule has 3 rings (SSSR count). The number of methoxy groups -OCH3 is 1. The van der Waals surface area contributed by atoms with Crippen molar-refractivity contribution in [3.63, 3.8) is 0 Å². The second-order valence-corrected chi connectivity index (χ2v) is 8.01. The molecule has 0 aliphatic rings. The van der Waals surface area contributed by atoms with Crippen LogP contribution < -0.4 is 15.4 Å². The number of hydrogen-bond donors (Lipinski definition) is 2. The Hall–Kier alpha value is -3.59. The summed E-state index contributed by atoms with van der Waals surface area (Å²) in [7, 11) is 1.46. The minimum Gasteiger partial charge on any atom is -0.497 e. The summed E-state index contributed by atoms with van der Waals surface area (Å²) in [4.78, 5) is 36.3. The van der Waals surface area contributed by atoms with Crippen LogP contribution in [0.25, 0.3) is 6.08 Å². The van der Waals surface area contributed by atoms with Crippen LogP contribution in [0.15, 0.2) is 66.4 Å². The van der Waals surface area contributed by atoms with Crippen LogP contribution in [0.5, 0.6) is 5.75 Å². The van der Waals surface area contributed by atoms with Crippen molar-refractivity contribution in [1.82, 2.24) is 5.32 Å². The number of carbonyl (C=O) groups excluding carboxylic acids is 2. The third kappa shape index (κ3) is 6.26. The van der Waals surface area contributed by atoms with Gasteiger partial charge in [0.1, 0.15) is 11.4 Å². The zero-order chi connectivity index (χ0) is 24.8. The molecule has 0 fully saturated rings. The summed E-state index contributed by atoms with van der Waals surface area (Å²) in [6.45, 7) is 0. The summed E-state index contributed by atoms with van der Waals surface area (Å²) in [5.41, 5.74) is 0.626. The van der Waals surface area contributed by atoms with Crippen molar-refractivity contribution in [3.8, 4) is 5.75 Å². The Morgan fingerprint density at radius 1 is 0.941 bits per heavy atom. The van der Waals surface area contributed by atoms with Crippen molar-refractivity contribution in [1.29, 1.82) is 0 Å². The lowest BCUT2D eigenvalue weighted by Crippen LogP contribution is -2.31. The first kappa shape index (κ1) is 25.0. The molecule has 0 unspecified atom stereocenters. The number of hydrogen-bond acceptors (Lipinski definition) is 5. The van der Waals surface area contributed by atoms with Crippen LogP contribution in [0, 0.1) is 10.1 Å². The van der Waals surface area contributed by atoms with Crippen molar-refractivity contribution >= 4 is 64.1 Å². The van der Waals surface area contributed by atoms with E-state index in [1.165, 1.54) is 67.8 Å². The predicted octanol–water partition coefficient (Wildman–Crippen LogP) is 5.97. The van der Waals surface area contributed by atoms with Gasteiger partial charge in [0, 0.05) is 17.8 Å². The molecule has 11 heteroatoms. The highest BCUT2D eigenvalue weighted by atomic mass is 35.5. The zero-order valence-electron chi connectivity index (χ0n) is 17.5. The van der Waals surface area contributed by atoms with Gasteiger partial charge in [-0.15, -0.1) is 0 Å². The van der Waals surface area contributed by atoms with Crippen LogP contribution in [0.4, 0.5) is 11.4 Å². The molecule has 174 valence electrons. The number of halogens is 3. The Kier molecular flexibility index (Phi) is 8.12. The summed E-state index contributed by atoms with van der Waals surface area (Å²) in [6, 6.07) is 14.4. The second-order valence-electron chi connectivity index (χ2n) is 6.79. The van der Waals surface area contributed by atoms with Crippen LogP contribution in [0.3, 0.4) is 0 Å². The fraction of sp³-hybridized carbons (Fsp3) is 0.0435. The summed E-state index contributed by atoms with van der Waals surface area (Å²) in [6.07, 6.45) is 1.37. The van der Waals surface area contributed by atoms with Gasteiger partial charge in [-0.2, -0.15) is 0 Å². The van der Waals surface area contributed by atoms with E-state index >= 15 is 0 Å². The van der Waals surface area contributed by atoms with Gasteiger partial charge >= 0.3 is 0 Å². The topological polar surface area (TPSA) is 111 Å². The molecule has 0 heterocycles. The second kappa shape index (κ2) is 11.0. The molecule has 0 aromatic heterocycles. The molecule has 2 N–H and O–H groups in total. The number of amides is 2. The van der Waals surface area contributed by atoms with Gasteiger partial charge in [0.05, 0.1) is 32.7 Å². The average molecular weight is 521 g/mol. The van der Waals surface area contributed by atoms with Gasteiger partial charge in [-0.1, -0.05) is 34.8 Å². The SMILES string of the molecule is COc1ccc(C(=O)NC(=Cc2ccc([N+](=O)[O-])cc2)C(=O)Nc2ccc(Cl)c(Cl)c2)c(Cl)c1. The predicted molar refractivity (Wildman–Crippen MR) is 132 cm³/mol. The number of nitro groups is 1. The Balaban J connectivity index is 1.93. The molecule has 3 aromatic carbocycles. The fourth-order valence-electron chi connectivity index (χ4n) is 2.79. The molecular weight excluding hydrogens is 505 g/mol. The van der Waals surface area contributed by atoms with Gasteiger partial charge in [-0.3, -0.25) is 19.7 Å². The first-order valence-electron chi connectivity index (χ1n) is 9.55. The molecule has 0 aliphatic carbocycles. The van der Waals surface area contributed by atoms with Crippen LogP contribution in [0.1, 0.15) is 15.9 Å². The first-order valence-corrected chi connectivity index (χ1v) is 10.7. The monoisotopic (exact) mass is 519 g/mol. The van der Waals surface area contributed by atoms with E-state index in [0.717, 1.165) is 0 Å². The van der Waals surface area contributed by atoms with Gasteiger partial charge in [0.2, 0.25) is 0 Å². The number of ether oxygens (including phenoxy) is 1. The third-order valence-corrected chi connectivity index (χ3v) is 5.56. The standard InChI is InChI=1S/C23H16Cl3N3O5/c1-34-16-7-8-17(19(25)12-16)22(30)28-21(10-13-2-5-15(6-3-13)29(32)33)23(31)27-14-4-9-18(24)20(26)11-14/h2-12H,1H3,(H,27,31)(H,28,30). The Morgan fingerprint density at radius 3 is 2.24 bits per heavy atom. The van der Waals surface area contributed by atoms with Crippen molar-refractivity contribution in [3.05, 3.63) is 103 Å². The van der Waals surface area contributed by atoms with E-state index in [1.54, 1.807) is 6.07 Å². The van der Waals surface area contributed by atoms with Crippen molar-refractivity contribution < 1.29 is 19.2 Å². The van der Waals surface area contributed by atoms with Crippen LogP contribution >= 0.6 is 34.8 Å². The molecule has 2 amide bonds. The van der Waals surface area contributed by atoms with E-state index in [9.17, 15) is 19.7 Å². The number of nitrogens with zero attached hydrogens (tertiary/aromatic N) is 1. The molecule has 0 bridgehead atoms. The number of benzene rings is 3. The van der Waals surface area contributed by atoms with E-state index in [1.807, 2.05) is 0 Å². The molecule has 0 saturated heterocycles. The van der Waals surface area contributed by atoms with Gasteiger partial charge < -0.3 is 15.4 Å². The Morgan fingerprint density at radius 2 is 1.65 bits per heavy atom.